The van der Waals surface area contributed by atoms with E-state index in [4.69, 9.17) is 4.98 Å². The maximum absolute atomic E-state index is 12.8. The van der Waals surface area contributed by atoms with E-state index in [-0.39, 0.29) is 11.8 Å². The van der Waals surface area contributed by atoms with Gasteiger partial charge in [-0.15, -0.1) is 0 Å². The monoisotopic (exact) mass is 389 g/mol. The Kier molecular flexibility index (Phi) is 5.41. The van der Waals surface area contributed by atoms with Crippen molar-refractivity contribution in [2.75, 3.05) is 18.4 Å². The van der Waals surface area contributed by atoms with Crippen molar-refractivity contribution in [3.05, 3.63) is 65.8 Å². The number of nitrogens with zero attached hydrogens (tertiary/aromatic N) is 6. The molecule has 148 valence electrons. The molecule has 4 heterocycles. The van der Waals surface area contributed by atoms with Gasteiger partial charge >= 0.3 is 0 Å². The highest BCUT2D eigenvalue weighted by Gasteiger charge is 2.28. The summed E-state index contributed by atoms with van der Waals surface area (Å²) in [6.07, 6.45) is 8.20. The fourth-order valence-electron chi connectivity index (χ4n) is 3.52. The molecular formula is C21H23N7O. The zero-order valence-corrected chi connectivity index (χ0v) is 16.5. The number of carbonyl (C=O) groups is 1. The molecule has 0 radical (unpaired) electrons. The first-order valence-corrected chi connectivity index (χ1v) is 9.69. The molecule has 0 spiro atoms. The molecule has 1 fully saturated rings. The van der Waals surface area contributed by atoms with Crippen LogP contribution in [0.1, 0.15) is 46.3 Å². The molecule has 0 unspecified atom stereocenters. The predicted molar refractivity (Wildman–Crippen MR) is 109 cm³/mol. The van der Waals surface area contributed by atoms with Gasteiger partial charge < -0.3 is 10.2 Å². The molecule has 3 aromatic rings. The first kappa shape index (κ1) is 18.9. The van der Waals surface area contributed by atoms with Crippen LogP contribution in [0.25, 0.3) is 0 Å². The minimum Gasteiger partial charge on any atom is -0.337 e. The zero-order valence-electron chi connectivity index (χ0n) is 16.5. The molecule has 1 saturated heterocycles. The molecule has 4 rings (SSSR count). The van der Waals surface area contributed by atoms with Gasteiger partial charge in [-0.05, 0) is 38.3 Å². The number of nitrogens with one attached hydrogen (secondary N) is 1. The lowest BCUT2D eigenvalue weighted by Gasteiger charge is -2.32. The lowest BCUT2D eigenvalue weighted by Crippen LogP contribution is -2.40. The minimum absolute atomic E-state index is 0.0784. The average Bonchev–Trinajstić information content (AvgIpc) is 2.75. The first-order valence-electron chi connectivity index (χ1n) is 9.69. The molecule has 1 amide bonds. The van der Waals surface area contributed by atoms with Crippen LogP contribution >= 0.6 is 0 Å². The van der Waals surface area contributed by atoms with Crippen molar-refractivity contribution < 1.29 is 4.79 Å². The van der Waals surface area contributed by atoms with E-state index in [1.54, 1.807) is 12.4 Å². The fourth-order valence-corrected chi connectivity index (χ4v) is 3.52. The van der Waals surface area contributed by atoms with Crippen molar-refractivity contribution in [3.63, 3.8) is 0 Å². The number of hydrogen-bond acceptors (Lipinski definition) is 7. The summed E-state index contributed by atoms with van der Waals surface area (Å²) < 4.78 is 0. The van der Waals surface area contributed by atoms with Crippen molar-refractivity contribution >= 4 is 17.5 Å². The molecule has 0 bridgehead atoms. The van der Waals surface area contributed by atoms with Crippen LogP contribution in [0.4, 0.5) is 11.6 Å². The highest BCUT2D eigenvalue weighted by Crippen LogP contribution is 2.27. The van der Waals surface area contributed by atoms with E-state index >= 15 is 0 Å². The van der Waals surface area contributed by atoms with Crippen molar-refractivity contribution in [1.82, 2.24) is 29.8 Å². The van der Waals surface area contributed by atoms with Crippen LogP contribution < -0.4 is 5.32 Å². The van der Waals surface area contributed by atoms with E-state index in [1.807, 2.05) is 36.9 Å². The summed E-state index contributed by atoms with van der Waals surface area (Å²) in [5.41, 5.74) is 2.29. The molecule has 3 aromatic heterocycles. The minimum atomic E-state index is -0.0992. The summed E-state index contributed by atoms with van der Waals surface area (Å²) in [4.78, 5) is 36.5. The van der Waals surface area contributed by atoms with Crippen LogP contribution in [-0.4, -0.2) is 48.8 Å². The highest BCUT2D eigenvalue weighted by molar-refractivity contribution is 5.92. The number of pyridine rings is 1. The Balaban J connectivity index is 1.54. The number of piperidine rings is 1. The molecule has 8 nitrogen and oxygen atoms in total. The van der Waals surface area contributed by atoms with Gasteiger partial charge in [0.1, 0.15) is 23.2 Å². The van der Waals surface area contributed by atoms with E-state index in [2.05, 4.69) is 25.3 Å². The second kappa shape index (κ2) is 8.30. The van der Waals surface area contributed by atoms with Gasteiger partial charge in [0.2, 0.25) is 0 Å². The van der Waals surface area contributed by atoms with E-state index in [0.29, 0.717) is 24.6 Å². The Morgan fingerprint density at radius 2 is 2.07 bits per heavy atom. The Labute approximate surface area is 169 Å². The Morgan fingerprint density at radius 3 is 2.86 bits per heavy atom. The zero-order chi connectivity index (χ0) is 20.2. The van der Waals surface area contributed by atoms with Crippen LogP contribution in [0.2, 0.25) is 0 Å². The van der Waals surface area contributed by atoms with Crippen LogP contribution in [0.15, 0.2) is 43.0 Å². The lowest BCUT2D eigenvalue weighted by molar-refractivity contribution is 0.0698. The molecule has 1 aliphatic heterocycles. The number of aromatic nitrogens is 5. The van der Waals surface area contributed by atoms with Crippen molar-refractivity contribution in [1.29, 1.82) is 0 Å². The highest BCUT2D eigenvalue weighted by atomic mass is 16.2. The third-order valence-electron chi connectivity index (χ3n) is 4.98. The Hall–Kier alpha value is -3.42. The Bertz CT molecular complexity index is 1010. The van der Waals surface area contributed by atoms with Crippen LogP contribution in [0.5, 0.6) is 0 Å². The van der Waals surface area contributed by atoms with Crippen molar-refractivity contribution in [3.8, 4) is 0 Å². The third kappa shape index (κ3) is 4.37. The molecule has 29 heavy (non-hydrogen) atoms. The van der Waals surface area contributed by atoms with Crippen LogP contribution in [-0.2, 0) is 0 Å². The molecule has 1 aliphatic rings. The van der Waals surface area contributed by atoms with Gasteiger partial charge in [-0.2, -0.15) is 0 Å². The fraction of sp³-hybridized carbons (Fsp3) is 0.333. The topological polar surface area (TPSA) is 96.8 Å². The maximum Gasteiger partial charge on any atom is 0.274 e. The molecular weight excluding hydrogens is 366 g/mol. The van der Waals surface area contributed by atoms with Gasteiger partial charge in [-0.3, -0.25) is 9.78 Å². The summed E-state index contributed by atoms with van der Waals surface area (Å²) >= 11 is 0. The number of anilines is 2. The second-order valence-electron chi connectivity index (χ2n) is 7.23. The smallest absolute Gasteiger partial charge is 0.274 e. The number of hydrogen-bond donors (Lipinski definition) is 1. The standard InChI is InChI=1S/C21H23N7O/c1-14-5-3-7-24-19(14)26-18-11-15(2)25-20(27-18)16-6-4-10-28(13-16)21(29)17-12-22-8-9-23-17/h3,5,7-9,11-12,16H,4,6,10,13H2,1-2H3,(H,24,25,26,27)/t16-/m0/s1. The molecule has 1 atom stereocenters. The quantitative estimate of drug-likeness (QED) is 0.732. The Morgan fingerprint density at radius 1 is 1.17 bits per heavy atom. The van der Waals surface area contributed by atoms with Gasteiger partial charge in [-0.25, -0.2) is 19.9 Å². The first-order chi connectivity index (χ1) is 14.1. The van der Waals surface area contributed by atoms with Gasteiger partial charge in [0.05, 0.1) is 6.20 Å². The lowest BCUT2D eigenvalue weighted by atomic mass is 9.96. The summed E-state index contributed by atoms with van der Waals surface area (Å²) in [5, 5.41) is 3.29. The summed E-state index contributed by atoms with van der Waals surface area (Å²) in [5.74, 6) is 2.22. The number of amides is 1. The van der Waals surface area contributed by atoms with Crippen LogP contribution in [0, 0.1) is 13.8 Å². The third-order valence-corrected chi connectivity index (χ3v) is 4.98. The number of likely N-dealkylation sites (tertiary alicyclic amines) is 1. The average molecular weight is 389 g/mol. The summed E-state index contributed by atoms with van der Waals surface area (Å²) in [6, 6.07) is 5.81. The second-order valence-corrected chi connectivity index (χ2v) is 7.23. The van der Waals surface area contributed by atoms with Gasteiger partial charge in [0, 0.05) is 49.4 Å². The van der Waals surface area contributed by atoms with Crippen molar-refractivity contribution in [2.24, 2.45) is 0 Å². The van der Waals surface area contributed by atoms with Gasteiger partial charge in [0.15, 0.2) is 0 Å². The molecule has 0 aliphatic carbocycles. The largest absolute Gasteiger partial charge is 0.337 e. The van der Waals surface area contributed by atoms with E-state index < -0.39 is 0 Å². The van der Waals surface area contributed by atoms with Crippen LogP contribution in [0.3, 0.4) is 0 Å². The SMILES string of the molecule is Cc1cc(Nc2ncccc2C)nc([C@H]2CCCN(C(=O)c3cnccn3)C2)n1. The number of rotatable bonds is 4. The maximum atomic E-state index is 12.8. The molecule has 8 heteroatoms. The summed E-state index contributed by atoms with van der Waals surface area (Å²) in [6.45, 7) is 5.23. The van der Waals surface area contributed by atoms with E-state index in [0.717, 1.165) is 35.7 Å². The normalized spacial score (nSPS) is 16.5. The number of carbonyl (C=O) groups excluding carboxylic acids is 1. The van der Waals surface area contributed by atoms with Crippen molar-refractivity contribution in [2.45, 2.75) is 32.6 Å². The van der Waals surface area contributed by atoms with E-state index in [9.17, 15) is 4.79 Å². The molecule has 1 N–H and O–H groups in total. The summed E-state index contributed by atoms with van der Waals surface area (Å²) in [7, 11) is 0. The van der Waals surface area contributed by atoms with Gasteiger partial charge in [-0.1, -0.05) is 6.07 Å². The number of aryl methyl sites for hydroxylation is 2. The molecule has 0 aromatic carbocycles. The molecule has 0 saturated carbocycles. The van der Waals surface area contributed by atoms with Gasteiger partial charge in [0.25, 0.3) is 5.91 Å². The predicted octanol–water partition coefficient (Wildman–Crippen LogP) is 3.04. The van der Waals surface area contributed by atoms with E-state index in [1.165, 1.54) is 12.4 Å².